The van der Waals surface area contributed by atoms with Crippen molar-refractivity contribution < 1.29 is 4.43 Å². The van der Waals surface area contributed by atoms with Crippen molar-refractivity contribution in [3.05, 3.63) is 111 Å². The molecule has 0 amide bonds. The Balaban J connectivity index is 1.77. The number of aromatic nitrogens is 1. The van der Waals surface area contributed by atoms with E-state index in [9.17, 15) is 0 Å². The van der Waals surface area contributed by atoms with E-state index in [4.69, 9.17) is 39.2 Å². The second-order valence-electron chi connectivity index (χ2n) is 8.86. The van der Waals surface area contributed by atoms with Crippen molar-refractivity contribution in [2.24, 2.45) is 0 Å². The van der Waals surface area contributed by atoms with Gasteiger partial charge >= 0.3 is 0 Å². The number of halogens is 3. The highest BCUT2D eigenvalue weighted by molar-refractivity contribution is 6.80. The molecule has 2 nitrogen and oxygen atoms in total. The monoisotopic (exact) mass is 512 g/mol. The second-order valence-corrected chi connectivity index (χ2v) is 12.1. The van der Waals surface area contributed by atoms with E-state index in [1.54, 1.807) is 0 Å². The van der Waals surface area contributed by atoms with Crippen LogP contribution in [0.5, 0.6) is 0 Å². The third-order valence-electron chi connectivity index (χ3n) is 5.41. The molecule has 33 heavy (non-hydrogen) atoms. The van der Waals surface area contributed by atoms with Gasteiger partial charge < -0.3 is 8.99 Å². The lowest BCUT2D eigenvalue weighted by molar-refractivity contribution is 0.321. The minimum absolute atomic E-state index is 0.259. The lowest BCUT2D eigenvalue weighted by Gasteiger charge is -2.27. The molecule has 0 atom stereocenters. The Morgan fingerprint density at radius 1 is 0.788 bits per heavy atom. The molecular weight excluding hydrogens is 489 g/mol. The molecule has 0 saturated heterocycles. The lowest BCUT2D eigenvalue weighted by Crippen LogP contribution is -2.44. The third-order valence-corrected chi connectivity index (χ3v) is 8.68. The summed E-state index contributed by atoms with van der Waals surface area (Å²) in [5.74, 6) is 0. The maximum absolute atomic E-state index is 6.95. The summed E-state index contributed by atoms with van der Waals surface area (Å²) >= 11 is 20.3. The first-order chi connectivity index (χ1) is 15.8. The number of rotatable bonds is 6. The van der Waals surface area contributed by atoms with Gasteiger partial charge in [0.05, 0.1) is 22.3 Å². The normalized spacial score (nSPS) is 11.8. The fraction of sp³-hybridized carbons (Fsp3) is 0.185. The molecule has 4 rings (SSSR count). The average molecular weight is 514 g/mol. The van der Waals surface area contributed by atoms with Gasteiger partial charge in [-0.15, -0.1) is 0 Å². The van der Waals surface area contributed by atoms with E-state index in [0.717, 1.165) is 16.8 Å². The summed E-state index contributed by atoms with van der Waals surface area (Å²) in [6.45, 7) is 6.68. The van der Waals surface area contributed by atoms with Gasteiger partial charge in [0, 0.05) is 6.20 Å². The topological polar surface area (TPSA) is 14.2 Å². The zero-order valence-corrected chi connectivity index (χ0v) is 22.0. The van der Waals surface area contributed by atoms with Gasteiger partial charge in [0.15, 0.2) is 0 Å². The molecule has 1 radical (unpaired) electrons. The highest BCUT2D eigenvalue weighted by Gasteiger charge is 2.27. The summed E-state index contributed by atoms with van der Waals surface area (Å²) in [4.78, 5) is 0. The Bertz CT molecular complexity index is 1190. The van der Waals surface area contributed by atoms with Crippen molar-refractivity contribution in [2.75, 3.05) is 0 Å². The van der Waals surface area contributed by atoms with Crippen molar-refractivity contribution in [1.82, 2.24) is 4.57 Å². The molecule has 0 aliphatic carbocycles. The van der Waals surface area contributed by atoms with Crippen LogP contribution in [-0.2, 0) is 16.4 Å². The molecule has 0 fully saturated rings. The van der Waals surface area contributed by atoms with Crippen LogP contribution in [0.15, 0.2) is 85.1 Å². The van der Waals surface area contributed by atoms with Gasteiger partial charge in [-0.3, -0.25) is 0 Å². The summed E-state index contributed by atoms with van der Waals surface area (Å²) in [5, 5.41) is 4.20. The van der Waals surface area contributed by atoms with Gasteiger partial charge in [0.1, 0.15) is 5.15 Å². The Morgan fingerprint density at radius 3 is 1.85 bits per heavy atom. The Kier molecular flexibility index (Phi) is 7.37. The maximum Gasteiger partial charge on any atom is 0.283 e. The molecule has 0 bridgehead atoms. The highest BCUT2D eigenvalue weighted by Crippen LogP contribution is 2.42. The van der Waals surface area contributed by atoms with Crippen molar-refractivity contribution in [3.63, 3.8) is 0 Å². The molecule has 0 saturated carbocycles. The summed E-state index contributed by atoms with van der Waals surface area (Å²) in [6, 6.07) is 26.4. The molecule has 0 unspecified atom stereocenters. The van der Waals surface area contributed by atoms with Crippen LogP contribution < -0.4 is 10.4 Å². The quantitative estimate of drug-likeness (QED) is 0.252. The summed E-state index contributed by atoms with van der Waals surface area (Å²) in [6.07, 6.45) is 1.90. The molecule has 0 N–H and O–H groups in total. The van der Waals surface area contributed by atoms with Crippen LogP contribution in [0, 0.1) is 0 Å². The predicted molar refractivity (Wildman–Crippen MR) is 142 cm³/mol. The Hall–Kier alpha value is -2.01. The summed E-state index contributed by atoms with van der Waals surface area (Å²) in [5.41, 5.74) is 2.32. The molecule has 0 aliphatic heterocycles. The van der Waals surface area contributed by atoms with Crippen LogP contribution in [0.1, 0.15) is 31.9 Å². The minimum atomic E-state index is -1.47. The van der Waals surface area contributed by atoms with Crippen molar-refractivity contribution in [1.29, 1.82) is 0 Å². The van der Waals surface area contributed by atoms with E-state index in [1.807, 2.05) is 65.4 Å². The first-order valence-corrected chi connectivity index (χ1v) is 13.3. The Labute approximate surface area is 212 Å². The molecule has 169 valence electrons. The molecule has 6 heteroatoms. The first-order valence-electron chi connectivity index (χ1n) is 10.7. The molecule has 3 aromatic carbocycles. The smallest absolute Gasteiger partial charge is 0.283 e. The molecule has 4 aromatic rings. The van der Waals surface area contributed by atoms with E-state index in [-0.39, 0.29) is 5.41 Å². The summed E-state index contributed by atoms with van der Waals surface area (Å²) < 4.78 is 8.50. The first kappa shape index (κ1) is 24.1. The van der Waals surface area contributed by atoms with Crippen LogP contribution in [-0.4, -0.2) is 13.6 Å². The van der Waals surface area contributed by atoms with Gasteiger partial charge in [-0.2, -0.15) is 0 Å². The molecule has 1 aromatic heterocycles. The Morgan fingerprint density at radius 2 is 1.36 bits per heavy atom. The standard InChI is InChI=1S/C27H25Cl3NOSi/c1-27(2,3)24-25(29)19(17-22(26(24)30)31-16-10-15-23(31)28)18-32-33(20-11-6-4-7-12-20)21-13-8-5-9-14-21/h4-17H,18H2,1-3H3. The second kappa shape index (κ2) is 10.1. The van der Waals surface area contributed by atoms with Gasteiger partial charge in [-0.05, 0) is 45.1 Å². The van der Waals surface area contributed by atoms with Gasteiger partial charge in [-0.25, -0.2) is 0 Å². The van der Waals surface area contributed by atoms with Gasteiger partial charge in [0.2, 0.25) is 0 Å². The predicted octanol–water partition coefficient (Wildman–Crippen LogP) is 7.06. The van der Waals surface area contributed by atoms with Crippen molar-refractivity contribution in [2.45, 2.75) is 32.8 Å². The van der Waals surface area contributed by atoms with Crippen LogP contribution in [0.2, 0.25) is 15.2 Å². The van der Waals surface area contributed by atoms with Crippen LogP contribution in [0.25, 0.3) is 5.69 Å². The van der Waals surface area contributed by atoms with E-state index in [1.165, 1.54) is 10.4 Å². The SMILES string of the molecule is CC(C)(C)c1c(Cl)c(CO[Si](c2ccccc2)c2ccccc2)cc(-n2cccc2Cl)c1Cl. The number of benzene rings is 3. The lowest BCUT2D eigenvalue weighted by atomic mass is 9.85. The van der Waals surface area contributed by atoms with E-state index < -0.39 is 9.04 Å². The minimum Gasteiger partial charge on any atom is -0.403 e. The number of hydrogen-bond donors (Lipinski definition) is 0. The van der Waals surface area contributed by atoms with E-state index >= 15 is 0 Å². The van der Waals surface area contributed by atoms with Crippen molar-refractivity contribution in [3.8, 4) is 5.69 Å². The van der Waals surface area contributed by atoms with Crippen molar-refractivity contribution >= 4 is 54.2 Å². The third kappa shape index (κ3) is 5.23. The zero-order chi connectivity index (χ0) is 23.6. The van der Waals surface area contributed by atoms with Gasteiger partial charge in [0.25, 0.3) is 9.04 Å². The largest absolute Gasteiger partial charge is 0.403 e. The van der Waals surface area contributed by atoms with Crippen LogP contribution in [0.4, 0.5) is 0 Å². The average Bonchev–Trinajstić information content (AvgIpc) is 3.21. The van der Waals surface area contributed by atoms with E-state index in [0.29, 0.717) is 21.8 Å². The fourth-order valence-corrected chi connectivity index (χ4v) is 7.07. The fourth-order valence-electron chi connectivity index (χ4n) is 3.83. The number of nitrogens with zero attached hydrogens (tertiary/aromatic N) is 1. The molecule has 1 heterocycles. The van der Waals surface area contributed by atoms with Crippen LogP contribution in [0.3, 0.4) is 0 Å². The van der Waals surface area contributed by atoms with Gasteiger partial charge in [-0.1, -0.05) is 116 Å². The maximum atomic E-state index is 6.95. The van der Waals surface area contributed by atoms with Crippen LogP contribution >= 0.6 is 34.8 Å². The van der Waals surface area contributed by atoms with E-state index in [2.05, 4.69) is 45.0 Å². The zero-order valence-electron chi connectivity index (χ0n) is 18.8. The summed E-state index contributed by atoms with van der Waals surface area (Å²) in [7, 11) is -1.47. The molecule has 0 aliphatic rings. The highest BCUT2D eigenvalue weighted by atomic mass is 35.5. The molecule has 0 spiro atoms. The number of hydrogen-bond acceptors (Lipinski definition) is 1. The molecular formula is C27H25Cl3NOSi.